The summed E-state index contributed by atoms with van der Waals surface area (Å²) in [6.07, 6.45) is 0.742. The smallest absolute Gasteiger partial charge is 0.260 e. The monoisotopic (exact) mass is 587 g/mol. The Labute approximate surface area is 232 Å². The summed E-state index contributed by atoms with van der Waals surface area (Å²) >= 11 is 7.76. The molecule has 37 heavy (non-hydrogen) atoms. The summed E-state index contributed by atoms with van der Waals surface area (Å²) in [5.41, 5.74) is 0.996. The number of aromatic nitrogens is 1. The van der Waals surface area contributed by atoms with Crippen LogP contribution in [0.15, 0.2) is 41.3 Å². The number of anilines is 1. The molecule has 4 rings (SSSR count). The van der Waals surface area contributed by atoms with Crippen molar-refractivity contribution in [1.29, 1.82) is 0 Å². The van der Waals surface area contributed by atoms with Crippen LogP contribution in [0, 0.1) is 0 Å². The summed E-state index contributed by atoms with van der Waals surface area (Å²) in [7, 11) is -1.86. The fourth-order valence-electron chi connectivity index (χ4n) is 4.00. The van der Waals surface area contributed by atoms with E-state index < -0.39 is 15.1 Å². The number of amides is 1. The van der Waals surface area contributed by atoms with E-state index in [4.69, 9.17) is 26.1 Å². The van der Waals surface area contributed by atoms with Crippen LogP contribution in [0.25, 0.3) is 10.2 Å². The van der Waals surface area contributed by atoms with Gasteiger partial charge in [-0.3, -0.25) is 14.6 Å². The number of carbonyl (C=O) groups is 1. The highest BCUT2D eigenvalue weighted by molar-refractivity contribution is 7.92. The third-order valence-corrected chi connectivity index (χ3v) is 9.86. The molecule has 1 aliphatic rings. The molecule has 0 radical (unpaired) electrons. The Morgan fingerprint density at radius 1 is 1.19 bits per heavy atom. The van der Waals surface area contributed by atoms with E-state index in [9.17, 15) is 13.2 Å². The van der Waals surface area contributed by atoms with E-state index in [1.54, 1.807) is 50.1 Å². The molecular weight excluding hydrogens is 557 g/mol. The molecule has 12 heteroatoms. The Bertz CT molecular complexity index is 1320. The van der Waals surface area contributed by atoms with Crippen molar-refractivity contribution in [3.63, 3.8) is 0 Å². The highest BCUT2D eigenvalue weighted by Crippen LogP contribution is 2.39. The van der Waals surface area contributed by atoms with Gasteiger partial charge in [-0.15, -0.1) is 12.4 Å². The van der Waals surface area contributed by atoms with Crippen molar-refractivity contribution in [2.75, 3.05) is 51.4 Å². The molecule has 0 N–H and O–H groups in total. The highest BCUT2D eigenvalue weighted by atomic mass is 35.5. The first-order valence-electron chi connectivity index (χ1n) is 11.8. The number of nitrogens with zero attached hydrogens (tertiary/aromatic N) is 3. The molecule has 202 valence electrons. The third-order valence-electron chi connectivity index (χ3n) is 6.15. The van der Waals surface area contributed by atoms with Crippen LogP contribution in [0.4, 0.5) is 5.13 Å². The molecule has 2 heterocycles. The Morgan fingerprint density at radius 2 is 1.86 bits per heavy atom. The maximum atomic E-state index is 13.7. The highest BCUT2D eigenvalue weighted by Gasteiger charge is 2.25. The van der Waals surface area contributed by atoms with Gasteiger partial charge in [0.05, 0.1) is 40.2 Å². The summed E-state index contributed by atoms with van der Waals surface area (Å²) in [5.74, 6) is 0.334. The van der Waals surface area contributed by atoms with Crippen LogP contribution in [0.2, 0.25) is 5.02 Å². The Hall–Kier alpha value is -1.95. The van der Waals surface area contributed by atoms with Gasteiger partial charge in [-0.25, -0.2) is 13.4 Å². The number of hydrogen-bond donors (Lipinski definition) is 0. The molecule has 3 aromatic rings. The zero-order chi connectivity index (χ0) is 25.9. The van der Waals surface area contributed by atoms with Crippen molar-refractivity contribution in [3.8, 4) is 5.75 Å². The molecule has 2 aromatic carbocycles. The van der Waals surface area contributed by atoms with Crippen LogP contribution in [-0.4, -0.2) is 76.0 Å². The summed E-state index contributed by atoms with van der Waals surface area (Å²) in [6, 6.07) is 9.62. The van der Waals surface area contributed by atoms with E-state index in [-0.39, 0.29) is 23.2 Å². The second-order valence-corrected chi connectivity index (χ2v) is 12.7. The first-order chi connectivity index (χ1) is 17.2. The van der Waals surface area contributed by atoms with Crippen molar-refractivity contribution in [2.24, 2.45) is 0 Å². The number of benzene rings is 2. The molecule has 0 spiro atoms. The van der Waals surface area contributed by atoms with Crippen molar-refractivity contribution >= 4 is 66.4 Å². The lowest BCUT2D eigenvalue weighted by molar-refractivity contribution is 0.0376. The van der Waals surface area contributed by atoms with Crippen LogP contribution in [0.1, 0.15) is 30.6 Å². The van der Waals surface area contributed by atoms with E-state index in [2.05, 4.69) is 4.90 Å². The maximum absolute atomic E-state index is 13.7. The van der Waals surface area contributed by atoms with Crippen LogP contribution < -0.4 is 9.64 Å². The number of hydrogen-bond acceptors (Lipinski definition) is 8. The fraction of sp³-hybridized carbons (Fsp3) is 0.440. The average molecular weight is 589 g/mol. The Balaban J connectivity index is 0.00000380. The normalized spacial score (nSPS) is 14.5. The third kappa shape index (κ3) is 6.55. The quantitative estimate of drug-likeness (QED) is 0.350. The minimum Gasteiger partial charge on any atom is -0.494 e. The van der Waals surface area contributed by atoms with Gasteiger partial charge in [-0.1, -0.05) is 22.9 Å². The molecule has 0 aliphatic carbocycles. The number of carbonyl (C=O) groups excluding carboxylic acids is 1. The van der Waals surface area contributed by atoms with Gasteiger partial charge in [0.1, 0.15) is 11.3 Å². The van der Waals surface area contributed by atoms with Gasteiger partial charge in [0.2, 0.25) is 0 Å². The number of sulfone groups is 1. The molecule has 0 unspecified atom stereocenters. The first kappa shape index (κ1) is 29.6. The van der Waals surface area contributed by atoms with Crippen LogP contribution in [0.5, 0.6) is 5.75 Å². The summed E-state index contributed by atoms with van der Waals surface area (Å²) in [4.78, 5) is 22.6. The van der Waals surface area contributed by atoms with E-state index in [1.165, 1.54) is 23.5 Å². The van der Waals surface area contributed by atoms with Crippen molar-refractivity contribution in [1.82, 2.24) is 9.88 Å². The first-order valence-corrected chi connectivity index (χ1v) is 14.6. The summed E-state index contributed by atoms with van der Waals surface area (Å²) in [5, 5.41) is 0.513. The van der Waals surface area contributed by atoms with Gasteiger partial charge in [-0.2, -0.15) is 0 Å². The lowest BCUT2D eigenvalue weighted by atomic mass is 10.2. The van der Waals surface area contributed by atoms with Gasteiger partial charge in [0, 0.05) is 31.7 Å². The topological polar surface area (TPSA) is 89.0 Å². The predicted octanol–water partition coefficient (Wildman–Crippen LogP) is 4.93. The second kappa shape index (κ2) is 12.7. The van der Waals surface area contributed by atoms with E-state index in [0.29, 0.717) is 46.7 Å². The molecule has 0 bridgehead atoms. The summed E-state index contributed by atoms with van der Waals surface area (Å²) in [6.45, 7) is 7.71. The van der Waals surface area contributed by atoms with Gasteiger partial charge < -0.3 is 9.47 Å². The van der Waals surface area contributed by atoms with Gasteiger partial charge in [0.25, 0.3) is 5.91 Å². The minimum absolute atomic E-state index is 0. The fourth-order valence-corrected chi connectivity index (χ4v) is 6.34. The maximum Gasteiger partial charge on any atom is 0.260 e. The van der Waals surface area contributed by atoms with E-state index >= 15 is 0 Å². The zero-order valence-corrected chi connectivity index (χ0v) is 24.2. The average Bonchev–Trinajstić information content (AvgIpc) is 3.33. The molecular formula is C25H31Cl2N3O5S2. The number of fused-ring (bicyclic) bond motifs is 1. The second-order valence-electron chi connectivity index (χ2n) is 8.81. The summed E-state index contributed by atoms with van der Waals surface area (Å²) < 4.78 is 36.6. The lowest BCUT2D eigenvalue weighted by Gasteiger charge is -2.27. The van der Waals surface area contributed by atoms with E-state index in [1.807, 2.05) is 0 Å². The number of ether oxygens (including phenoxy) is 2. The molecule has 8 nitrogen and oxygen atoms in total. The predicted molar refractivity (Wildman–Crippen MR) is 151 cm³/mol. The SMILES string of the molecule is COc1ccc(Cl)c2sc(N(CCCN3CCOCC3)C(=O)c3ccc(S(=O)(=O)C(C)C)cc3)nc12.Cl. The number of thiazole rings is 1. The van der Waals surface area contributed by atoms with Gasteiger partial charge in [-0.05, 0) is 56.7 Å². The standard InChI is InChI=1S/C25H30ClN3O5S2.ClH/c1-17(2)36(31,32)19-7-5-18(6-8-19)24(30)29(12-4-11-28-13-15-34-16-14-28)25-27-22-21(33-3)10-9-20(26)23(22)35-25;/h5-10,17H,4,11-16H2,1-3H3;1H. The number of halogens is 2. The van der Waals surface area contributed by atoms with Crippen molar-refractivity contribution < 1.29 is 22.7 Å². The zero-order valence-electron chi connectivity index (χ0n) is 21.0. The Morgan fingerprint density at radius 3 is 2.49 bits per heavy atom. The molecule has 1 saturated heterocycles. The van der Waals surface area contributed by atoms with Crippen molar-refractivity contribution in [2.45, 2.75) is 30.4 Å². The molecule has 1 amide bonds. The van der Waals surface area contributed by atoms with Gasteiger partial charge in [0.15, 0.2) is 15.0 Å². The van der Waals surface area contributed by atoms with Crippen molar-refractivity contribution in [3.05, 3.63) is 47.0 Å². The van der Waals surface area contributed by atoms with Crippen LogP contribution in [-0.2, 0) is 14.6 Å². The van der Waals surface area contributed by atoms with Crippen LogP contribution in [0.3, 0.4) is 0 Å². The lowest BCUT2D eigenvalue weighted by Crippen LogP contribution is -2.39. The van der Waals surface area contributed by atoms with Crippen LogP contribution >= 0.6 is 35.3 Å². The Kier molecular flexibility index (Phi) is 10.2. The number of morpholine rings is 1. The minimum atomic E-state index is -3.43. The molecule has 1 aromatic heterocycles. The van der Waals surface area contributed by atoms with E-state index in [0.717, 1.165) is 30.8 Å². The molecule has 0 atom stereocenters. The number of methoxy groups -OCH3 is 1. The number of rotatable bonds is 9. The van der Waals surface area contributed by atoms with Gasteiger partial charge >= 0.3 is 0 Å². The molecule has 1 fully saturated rings. The molecule has 1 aliphatic heterocycles. The molecule has 0 saturated carbocycles. The largest absolute Gasteiger partial charge is 0.494 e.